The second-order valence-electron chi connectivity index (χ2n) is 9.72. The van der Waals surface area contributed by atoms with Gasteiger partial charge in [-0.1, -0.05) is 36.4 Å². The number of hydrogen-bond acceptors (Lipinski definition) is 12. The molecule has 1 unspecified atom stereocenters. The first-order valence-electron chi connectivity index (χ1n) is 12.5. The Morgan fingerprint density at radius 3 is 2.80 bits per heavy atom. The SMILES string of the molecule is COC(=O)[C@H](C)NP(=O)(OC[C@H]1O[C@@H](c2cnc3c(=O)[nH]c(N)nn23)[C@](C)(O)[C@@H]1O)Oc1cccc2ccccc12. The number of rotatable bonds is 9. The van der Waals surface area contributed by atoms with E-state index in [-0.39, 0.29) is 23.0 Å². The van der Waals surface area contributed by atoms with Gasteiger partial charge in [-0.3, -0.25) is 19.1 Å². The molecular weight excluding hydrogens is 559 g/mol. The fraction of sp³-hybridized carbons (Fsp3) is 0.360. The van der Waals surface area contributed by atoms with E-state index in [1.165, 1.54) is 27.2 Å². The summed E-state index contributed by atoms with van der Waals surface area (Å²) in [4.78, 5) is 30.7. The van der Waals surface area contributed by atoms with Gasteiger partial charge in [-0.05, 0) is 25.3 Å². The van der Waals surface area contributed by atoms with Crippen LogP contribution in [0.4, 0.5) is 5.95 Å². The molecule has 3 heterocycles. The molecule has 0 saturated carbocycles. The van der Waals surface area contributed by atoms with E-state index in [0.717, 1.165) is 9.90 Å². The molecule has 4 aromatic rings. The Hall–Kier alpha value is -3.85. The van der Waals surface area contributed by atoms with E-state index in [9.17, 15) is 24.4 Å². The third-order valence-electron chi connectivity index (χ3n) is 6.76. The number of methoxy groups -OCH3 is 1. The highest BCUT2D eigenvalue weighted by atomic mass is 31.2. The van der Waals surface area contributed by atoms with Crippen LogP contribution in [0.2, 0.25) is 0 Å². The number of fused-ring (bicyclic) bond motifs is 2. The van der Waals surface area contributed by atoms with Crippen LogP contribution in [0, 0.1) is 0 Å². The number of nitrogens with zero attached hydrogens (tertiary/aromatic N) is 3. The number of nitrogens with two attached hydrogens (primary N) is 1. The summed E-state index contributed by atoms with van der Waals surface area (Å²) in [7, 11) is -3.16. The van der Waals surface area contributed by atoms with E-state index >= 15 is 0 Å². The molecule has 218 valence electrons. The van der Waals surface area contributed by atoms with Gasteiger partial charge in [0.15, 0.2) is 0 Å². The fourth-order valence-corrected chi connectivity index (χ4v) is 6.17. The standard InChI is InChI=1S/C25H29N6O9P/c1-13(23(34)37-3)30-41(36,40-17-10-6-8-14-7-4-5-9-15(14)17)38-12-18-19(32)25(2,35)20(39-18)16-11-27-21-22(33)28-24(26)29-31(16)21/h4-11,13,18-20,32,35H,12H2,1-3H3,(H,30,36)(H3,26,28,29,33)/t13-,18+,19+,20-,25+,41?/m0/s1. The zero-order chi connectivity index (χ0) is 29.5. The summed E-state index contributed by atoms with van der Waals surface area (Å²) in [5.41, 5.74) is 3.17. The van der Waals surface area contributed by atoms with Crippen molar-refractivity contribution in [2.24, 2.45) is 0 Å². The van der Waals surface area contributed by atoms with Crippen molar-refractivity contribution in [3.05, 3.63) is 64.7 Å². The molecule has 0 spiro atoms. The number of hydrogen-bond donors (Lipinski definition) is 5. The predicted octanol–water partition coefficient (Wildman–Crippen LogP) is 1.06. The molecule has 0 amide bonds. The van der Waals surface area contributed by atoms with Gasteiger partial charge in [0.1, 0.15) is 35.7 Å². The first-order valence-corrected chi connectivity index (χ1v) is 14.0. The van der Waals surface area contributed by atoms with Gasteiger partial charge in [0.05, 0.1) is 25.6 Å². The molecular formula is C25H29N6O9P. The first kappa shape index (κ1) is 28.7. The van der Waals surface area contributed by atoms with Crippen molar-refractivity contribution in [3.63, 3.8) is 0 Å². The average molecular weight is 589 g/mol. The number of esters is 1. The molecule has 1 fully saturated rings. The molecule has 1 aliphatic rings. The molecule has 1 aliphatic heterocycles. The number of aromatic nitrogens is 4. The van der Waals surface area contributed by atoms with Crippen LogP contribution in [0.15, 0.2) is 53.5 Å². The third kappa shape index (κ3) is 5.43. The Morgan fingerprint density at radius 2 is 2.05 bits per heavy atom. The lowest BCUT2D eigenvalue weighted by molar-refractivity contribution is -0.142. The van der Waals surface area contributed by atoms with Gasteiger partial charge in [0, 0.05) is 5.39 Å². The van der Waals surface area contributed by atoms with Crippen molar-refractivity contribution in [3.8, 4) is 5.75 Å². The van der Waals surface area contributed by atoms with Gasteiger partial charge in [-0.25, -0.2) is 14.1 Å². The van der Waals surface area contributed by atoms with Crippen LogP contribution < -0.4 is 20.9 Å². The highest BCUT2D eigenvalue weighted by molar-refractivity contribution is 7.52. The molecule has 6 N–H and O–H groups in total. The van der Waals surface area contributed by atoms with Gasteiger partial charge in [-0.15, -0.1) is 5.10 Å². The zero-order valence-electron chi connectivity index (χ0n) is 22.3. The lowest BCUT2D eigenvalue weighted by Gasteiger charge is -2.26. The Bertz CT molecular complexity index is 1700. The first-order chi connectivity index (χ1) is 19.4. The fourth-order valence-electron chi connectivity index (χ4n) is 4.65. The largest absolute Gasteiger partial charge is 0.468 e. The monoisotopic (exact) mass is 588 g/mol. The summed E-state index contributed by atoms with van der Waals surface area (Å²) in [6, 6.07) is 11.3. The molecule has 2 aromatic carbocycles. The smallest absolute Gasteiger partial charge is 0.459 e. The summed E-state index contributed by atoms with van der Waals surface area (Å²) in [6.45, 7) is 2.20. The molecule has 0 bridgehead atoms. The van der Waals surface area contributed by atoms with Crippen molar-refractivity contribution >= 4 is 36.1 Å². The van der Waals surface area contributed by atoms with E-state index in [0.29, 0.717) is 5.39 Å². The maximum absolute atomic E-state index is 14.0. The number of ether oxygens (including phenoxy) is 2. The molecule has 16 heteroatoms. The normalized spacial score (nSPS) is 24.8. The second-order valence-corrected chi connectivity index (χ2v) is 11.4. The number of benzene rings is 2. The number of carbonyl (C=O) groups is 1. The molecule has 2 aromatic heterocycles. The van der Waals surface area contributed by atoms with Crippen molar-refractivity contribution in [1.29, 1.82) is 0 Å². The van der Waals surface area contributed by atoms with Crippen LogP contribution in [0.3, 0.4) is 0 Å². The van der Waals surface area contributed by atoms with E-state index in [4.69, 9.17) is 24.3 Å². The molecule has 5 rings (SSSR count). The van der Waals surface area contributed by atoms with E-state index in [1.54, 1.807) is 24.3 Å². The van der Waals surface area contributed by atoms with E-state index in [1.807, 2.05) is 18.2 Å². The lowest BCUT2D eigenvalue weighted by Crippen LogP contribution is -2.43. The molecule has 41 heavy (non-hydrogen) atoms. The number of nitrogens with one attached hydrogen (secondary N) is 2. The van der Waals surface area contributed by atoms with Crippen LogP contribution in [0.1, 0.15) is 25.6 Å². The minimum Gasteiger partial charge on any atom is -0.468 e. The predicted molar refractivity (Wildman–Crippen MR) is 145 cm³/mol. The zero-order valence-corrected chi connectivity index (χ0v) is 23.1. The van der Waals surface area contributed by atoms with Gasteiger partial charge >= 0.3 is 13.7 Å². The van der Waals surface area contributed by atoms with Crippen LogP contribution in [0.25, 0.3) is 16.4 Å². The number of H-pyrrole nitrogens is 1. The topological polar surface area (TPSA) is 213 Å². The number of aliphatic hydroxyl groups is 2. The average Bonchev–Trinajstić information content (AvgIpc) is 3.45. The van der Waals surface area contributed by atoms with Crippen LogP contribution in [-0.2, 0) is 23.4 Å². The highest BCUT2D eigenvalue weighted by Crippen LogP contribution is 2.49. The summed E-state index contributed by atoms with van der Waals surface area (Å²) in [5.74, 6) is -0.699. The Balaban J connectivity index is 1.42. The number of anilines is 1. The van der Waals surface area contributed by atoms with E-state index < -0.39 is 55.8 Å². The van der Waals surface area contributed by atoms with Gasteiger partial charge in [0.2, 0.25) is 11.6 Å². The van der Waals surface area contributed by atoms with Crippen molar-refractivity contribution < 1.29 is 38.1 Å². The van der Waals surface area contributed by atoms with Crippen LogP contribution >= 0.6 is 7.75 Å². The molecule has 1 saturated heterocycles. The molecule has 6 atom stereocenters. The van der Waals surface area contributed by atoms with Crippen molar-refractivity contribution in [2.75, 3.05) is 19.5 Å². The minimum atomic E-state index is -4.34. The maximum atomic E-state index is 14.0. The number of aromatic amines is 1. The van der Waals surface area contributed by atoms with Crippen LogP contribution in [-0.4, -0.2) is 73.3 Å². The Labute approximate surface area is 232 Å². The lowest BCUT2D eigenvalue weighted by atomic mass is 9.91. The number of imidazole rings is 1. The summed E-state index contributed by atoms with van der Waals surface area (Å²) in [6.07, 6.45) is -2.77. The van der Waals surface area contributed by atoms with Gasteiger partial charge in [0.25, 0.3) is 5.56 Å². The highest BCUT2D eigenvalue weighted by Gasteiger charge is 2.54. The van der Waals surface area contributed by atoms with Crippen LogP contribution in [0.5, 0.6) is 5.75 Å². The number of aliphatic hydroxyl groups excluding tert-OH is 1. The van der Waals surface area contributed by atoms with E-state index in [2.05, 4.69) is 20.2 Å². The van der Waals surface area contributed by atoms with Gasteiger partial charge < -0.3 is 29.9 Å². The number of carbonyl (C=O) groups excluding carboxylic acids is 1. The maximum Gasteiger partial charge on any atom is 0.459 e. The summed E-state index contributed by atoms with van der Waals surface area (Å²) < 4.78 is 37.3. The minimum absolute atomic E-state index is 0.100. The number of nitrogen functional groups attached to an aromatic ring is 1. The quantitative estimate of drug-likeness (QED) is 0.137. The second kappa shape index (κ2) is 10.9. The van der Waals surface area contributed by atoms with Gasteiger partial charge in [-0.2, -0.15) is 5.09 Å². The molecule has 15 nitrogen and oxygen atoms in total. The summed E-state index contributed by atoms with van der Waals surface area (Å²) >= 11 is 0. The van der Waals surface area contributed by atoms with Crippen molar-refractivity contribution in [1.82, 2.24) is 24.7 Å². The third-order valence-corrected chi connectivity index (χ3v) is 8.39. The molecule has 0 radical (unpaired) electrons. The Morgan fingerprint density at radius 1 is 1.32 bits per heavy atom. The summed E-state index contributed by atoms with van der Waals surface area (Å²) in [5, 5.41) is 30.2. The molecule has 0 aliphatic carbocycles. The van der Waals surface area contributed by atoms with Crippen molar-refractivity contribution in [2.45, 2.75) is 43.8 Å². The Kier molecular flexibility index (Phi) is 7.59.